The Labute approximate surface area is 109 Å². The number of ether oxygens (including phenoxy) is 1. The summed E-state index contributed by atoms with van der Waals surface area (Å²) in [5, 5.41) is 18.9. The van der Waals surface area contributed by atoms with Crippen molar-refractivity contribution < 1.29 is 14.6 Å². The molecule has 0 unspecified atom stereocenters. The quantitative estimate of drug-likeness (QED) is 0.728. The number of rotatable bonds is 5. The van der Waals surface area contributed by atoms with Crippen molar-refractivity contribution in [2.45, 2.75) is 6.42 Å². The minimum atomic E-state index is -0.365. The predicted molar refractivity (Wildman–Crippen MR) is 67.1 cm³/mol. The number of phenols is 1. The SMILES string of the molecule is COc1cccc(C(=O)NCCc2ncn[nH]2)c1O. The van der Waals surface area contributed by atoms with E-state index in [1.54, 1.807) is 12.1 Å². The third-order valence-electron chi connectivity index (χ3n) is 2.58. The second-order valence-corrected chi connectivity index (χ2v) is 3.79. The first-order chi connectivity index (χ1) is 9.22. The highest BCUT2D eigenvalue weighted by Crippen LogP contribution is 2.28. The minimum Gasteiger partial charge on any atom is -0.504 e. The molecular weight excluding hydrogens is 248 g/mol. The van der Waals surface area contributed by atoms with Gasteiger partial charge in [0.05, 0.1) is 12.7 Å². The molecule has 19 heavy (non-hydrogen) atoms. The molecule has 1 heterocycles. The lowest BCUT2D eigenvalue weighted by molar-refractivity contribution is 0.0950. The number of amides is 1. The average molecular weight is 262 g/mol. The molecule has 100 valence electrons. The molecule has 1 aromatic carbocycles. The normalized spacial score (nSPS) is 10.2. The van der Waals surface area contributed by atoms with Crippen LogP contribution in [0.2, 0.25) is 0 Å². The molecule has 0 aliphatic rings. The van der Waals surface area contributed by atoms with E-state index in [0.29, 0.717) is 18.8 Å². The van der Waals surface area contributed by atoms with Gasteiger partial charge in [-0.2, -0.15) is 5.10 Å². The Bertz CT molecular complexity index is 554. The summed E-state index contributed by atoms with van der Waals surface area (Å²) in [6.07, 6.45) is 1.95. The number of aromatic amines is 1. The van der Waals surface area contributed by atoms with Crippen LogP contribution in [0.25, 0.3) is 0 Å². The van der Waals surface area contributed by atoms with Crippen molar-refractivity contribution in [2.24, 2.45) is 0 Å². The topological polar surface area (TPSA) is 100 Å². The number of benzene rings is 1. The van der Waals surface area contributed by atoms with E-state index < -0.39 is 0 Å². The molecular formula is C12H14N4O3. The van der Waals surface area contributed by atoms with Crippen LogP contribution in [0.5, 0.6) is 11.5 Å². The van der Waals surface area contributed by atoms with Gasteiger partial charge in [-0.3, -0.25) is 9.89 Å². The Hall–Kier alpha value is -2.57. The standard InChI is InChI=1S/C12H14N4O3/c1-19-9-4-2-3-8(11(9)17)12(18)13-6-5-10-14-7-15-16-10/h2-4,7,17H,5-6H2,1H3,(H,13,18)(H,14,15,16). The van der Waals surface area contributed by atoms with Gasteiger partial charge in [-0.15, -0.1) is 0 Å². The number of nitrogens with one attached hydrogen (secondary N) is 2. The lowest BCUT2D eigenvalue weighted by Gasteiger charge is -2.08. The third-order valence-corrected chi connectivity index (χ3v) is 2.58. The van der Waals surface area contributed by atoms with Crippen molar-refractivity contribution in [3.8, 4) is 11.5 Å². The maximum Gasteiger partial charge on any atom is 0.255 e. The van der Waals surface area contributed by atoms with Gasteiger partial charge in [0.1, 0.15) is 12.2 Å². The molecule has 0 saturated heterocycles. The summed E-state index contributed by atoms with van der Waals surface area (Å²) < 4.78 is 4.95. The van der Waals surface area contributed by atoms with E-state index in [-0.39, 0.29) is 23.0 Å². The van der Waals surface area contributed by atoms with E-state index in [1.165, 1.54) is 19.5 Å². The smallest absolute Gasteiger partial charge is 0.255 e. The number of hydrogen-bond donors (Lipinski definition) is 3. The zero-order valence-corrected chi connectivity index (χ0v) is 10.4. The van der Waals surface area contributed by atoms with Crippen molar-refractivity contribution in [2.75, 3.05) is 13.7 Å². The van der Waals surface area contributed by atoms with E-state index in [1.807, 2.05) is 0 Å². The van der Waals surface area contributed by atoms with Crippen LogP contribution in [-0.4, -0.2) is 39.8 Å². The molecule has 1 aromatic heterocycles. The molecule has 0 aliphatic heterocycles. The summed E-state index contributed by atoms with van der Waals surface area (Å²) >= 11 is 0. The van der Waals surface area contributed by atoms with Gasteiger partial charge in [-0.05, 0) is 12.1 Å². The van der Waals surface area contributed by atoms with Crippen LogP contribution in [0, 0.1) is 0 Å². The van der Waals surface area contributed by atoms with Gasteiger partial charge in [0.2, 0.25) is 0 Å². The third kappa shape index (κ3) is 3.01. The van der Waals surface area contributed by atoms with Crippen LogP contribution in [0.3, 0.4) is 0 Å². The first-order valence-corrected chi connectivity index (χ1v) is 5.70. The highest BCUT2D eigenvalue weighted by atomic mass is 16.5. The van der Waals surface area contributed by atoms with Gasteiger partial charge in [-0.1, -0.05) is 6.07 Å². The van der Waals surface area contributed by atoms with E-state index in [2.05, 4.69) is 20.5 Å². The number of aromatic hydroxyl groups is 1. The molecule has 0 spiro atoms. The van der Waals surface area contributed by atoms with Crippen LogP contribution in [-0.2, 0) is 6.42 Å². The highest BCUT2D eigenvalue weighted by Gasteiger charge is 2.14. The zero-order chi connectivity index (χ0) is 13.7. The number of carbonyl (C=O) groups excluding carboxylic acids is 1. The van der Waals surface area contributed by atoms with Crippen LogP contribution >= 0.6 is 0 Å². The van der Waals surface area contributed by atoms with Crippen molar-refractivity contribution in [3.05, 3.63) is 35.9 Å². The lowest BCUT2D eigenvalue weighted by Crippen LogP contribution is -2.26. The summed E-state index contributed by atoms with van der Waals surface area (Å²) in [5.74, 6) is 0.427. The van der Waals surface area contributed by atoms with Crippen LogP contribution < -0.4 is 10.1 Å². The molecule has 0 radical (unpaired) electrons. The number of H-pyrrole nitrogens is 1. The lowest BCUT2D eigenvalue weighted by atomic mass is 10.1. The second-order valence-electron chi connectivity index (χ2n) is 3.79. The summed E-state index contributed by atoms with van der Waals surface area (Å²) in [5.41, 5.74) is 0.178. The number of nitrogens with zero attached hydrogens (tertiary/aromatic N) is 2. The number of methoxy groups -OCH3 is 1. The van der Waals surface area contributed by atoms with Gasteiger partial charge >= 0.3 is 0 Å². The molecule has 7 nitrogen and oxygen atoms in total. The van der Waals surface area contributed by atoms with Gasteiger partial charge in [0.15, 0.2) is 11.5 Å². The predicted octanol–water partition coefficient (Wildman–Crippen LogP) is 0.491. The van der Waals surface area contributed by atoms with Gasteiger partial charge in [0, 0.05) is 13.0 Å². The maximum atomic E-state index is 11.9. The van der Waals surface area contributed by atoms with E-state index in [0.717, 1.165) is 0 Å². The molecule has 2 aromatic rings. The fourth-order valence-electron chi connectivity index (χ4n) is 1.61. The largest absolute Gasteiger partial charge is 0.504 e. The molecule has 0 fully saturated rings. The average Bonchev–Trinajstić information content (AvgIpc) is 2.92. The van der Waals surface area contributed by atoms with Gasteiger partial charge < -0.3 is 15.2 Å². The Kier molecular flexibility index (Phi) is 3.97. The minimum absolute atomic E-state index is 0.165. The van der Waals surface area contributed by atoms with Crippen molar-refractivity contribution in [3.63, 3.8) is 0 Å². The summed E-state index contributed by atoms with van der Waals surface area (Å²) in [4.78, 5) is 15.8. The second kappa shape index (κ2) is 5.85. The number of hydrogen-bond acceptors (Lipinski definition) is 5. The van der Waals surface area contributed by atoms with Crippen LogP contribution in [0.4, 0.5) is 0 Å². The summed E-state index contributed by atoms with van der Waals surface area (Å²) in [6, 6.07) is 4.76. The van der Waals surface area contributed by atoms with Crippen LogP contribution in [0.15, 0.2) is 24.5 Å². The monoisotopic (exact) mass is 262 g/mol. The number of phenolic OH excluding ortho intramolecular Hbond substituents is 1. The molecule has 0 atom stereocenters. The molecule has 2 rings (SSSR count). The van der Waals surface area contributed by atoms with Crippen molar-refractivity contribution in [1.29, 1.82) is 0 Å². The van der Waals surface area contributed by atoms with Crippen molar-refractivity contribution >= 4 is 5.91 Å². The zero-order valence-electron chi connectivity index (χ0n) is 10.4. The first-order valence-electron chi connectivity index (χ1n) is 5.70. The van der Waals surface area contributed by atoms with E-state index in [4.69, 9.17) is 4.74 Å². The first kappa shape index (κ1) is 12.9. The number of para-hydroxylation sites is 1. The highest BCUT2D eigenvalue weighted by molar-refractivity contribution is 5.97. The Balaban J connectivity index is 1.96. The molecule has 7 heteroatoms. The molecule has 0 saturated carbocycles. The number of carbonyl (C=O) groups is 1. The molecule has 3 N–H and O–H groups in total. The summed E-state index contributed by atoms with van der Waals surface area (Å²) in [6.45, 7) is 0.394. The summed E-state index contributed by atoms with van der Waals surface area (Å²) in [7, 11) is 1.43. The number of aromatic nitrogens is 3. The van der Waals surface area contributed by atoms with Gasteiger partial charge in [-0.25, -0.2) is 4.98 Å². The molecule has 1 amide bonds. The Morgan fingerprint density at radius 1 is 1.53 bits per heavy atom. The van der Waals surface area contributed by atoms with Crippen LogP contribution in [0.1, 0.15) is 16.2 Å². The van der Waals surface area contributed by atoms with Crippen molar-refractivity contribution in [1.82, 2.24) is 20.5 Å². The fraction of sp³-hybridized carbons (Fsp3) is 0.250. The molecule has 0 bridgehead atoms. The van der Waals surface area contributed by atoms with Gasteiger partial charge in [0.25, 0.3) is 5.91 Å². The van der Waals surface area contributed by atoms with E-state index in [9.17, 15) is 9.90 Å². The Morgan fingerprint density at radius 3 is 3.05 bits per heavy atom. The van der Waals surface area contributed by atoms with E-state index >= 15 is 0 Å². The maximum absolute atomic E-state index is 11.9. The molecule has 0 aliphatic carbocycles. The fourth-order valence-corrected chi connectivity index (χ4v) is 1.61. The Morgan fingerprint density at radius 2 is 2.37 bits per heavy atom.